The first-order valence-corrected chi connectivity index (χ1v) is 12.2. The third-order valence-electron chi connectivity index (χ3n) is 6.83. The molecule has 3 aromatic rings. The van der Waals surface area contributed by atoms with Gasteiger partial charge in [0.1, 0.15) is 11.6 Å². The number of aromatic amines is 1. The monoisotopic (exact) mass is 444 g/mol. The topological polar surface area (TPSA) is 71.1 Å². The first kappa shape index (κ1) is 21.8. The zero-order chi connectivity index (χ0) is 22.6. The fourth-order valence-electron chi connectivity index (χ4n) is 5.06. The highest BCUT2D eigenvalue weighted by Gasteiger charge is 2.24. The highest BCUT2D eigenvalue weighted by Crippen LogP contribution is 2.31. The molecule has 1 aliphatic carbocycles. The zero-order valence-electron chi connectivity index (χ0n) is 19.3. The molecule has 172 valence electrons. The molecule has 0 unspecified atom stereocenters. The lowest BCUT2D eigenvalue weighted by Gasteiger charge is -2.28. The Balaban J connectivity index is 1.26. The summed E-state index contributed by atoms with van der Waals surface area (Å²) in [5, 5.41) is 0. The van der Waals surface area contributed by atoms with E-state index in [4.69, 9.17) is 9.72 Å². The molecule has 1 N–H and O–H groups in total. The molecule has 0 amide bonds. The third kappa shape index (κ3) is 5.01. The van der Waals surface area contributed by atoms with Gasteiger partial charge in [-0.2, -0.15) is 0 Å². The van der Waals surface area contributed by atoms with Crippen LogP contribution in [0.2, 0.25) is 0 Å². The number of hydrogen-bond acceptors (Lipinski definition) is 5. The van der Waals surface area contributed by atoms with Gasteiger partial charge in [0.05, 0.1) is 23.6 Å². The first-order valence-electron chi connectivity index (χ1n) is 12.2. The van der Waals surface area contributed by atoms with E-state index in [0.29, 0.717) is 19.1 Å². The number of ether oxygens (including phenoxy) is 1. The molecule has 6 nitrogen and oxygen atoms in total. The van der Waals surface area contributed by atoms with Gasteiger partial charge in [0, 0.05) is 43.7 Å². The Labute approximate surface area is 195 Å². The van der Waals surface area contributed by atoms with Crippen molar-refractivity contribution < 1.29 is 4.74 Å². The number of pyridine rings is 1. The predicted octanol–water partition coefficient (Wildman–Crippen LogP) is 4.84. The predicted molar refractivity (Wildman–Crippen MR) is 129 cm³/mol. The molecule has 6 heteroatoms. The van der Waals surface area contributed by atoms with Crippen molar-refractivity contribution in [3.63, 3.8) is 0 Å². The van der Waals surface area contributed by atoms with Crippen molar-refractivity contribution in [1.29, 1.82) is 0 Å². The van der Waals surface area contributed by atoms with Gasteiger partial charge in [-0.05, 0) is 43.5 Å². The summed E-state index contributed by atoms with van der Waals surface area (Å²) in [5.74, 6) is 2.20. The minimum Gasteiger partial charge on any atom is -0.494 e. The van der Waals surface area contributed by atoms with E-state index in [9.17, 15) is 4.79 Å². The van der Waals surface area contributed by atoms with Crippen LogP contribution in [0.3, 0.4) is 0 Å². The summed E-state index contributed by atoms with van der Waals surface area (Å²) in [5.41, 5.74) is 5.00. The Kier molecular flexibility index (Phi) is 6.53. The quantitative estimate of drug-likeness (QED) is 0.589. The third-order valence-corrected chi connectivity index (χ3v) is 6.83. The fourth-order valence-corrected chi connectivity index (χ4v) is 5.06. The zero-order valence-corrected chi connectivity index (χ0v) is 19.3. The van der Waals surface area contributed by atoms with Gasteiger partial charge in [-0.25, -0.2) is 4.98 Å². The number of nitrogens with zero attached hydrogens (tertiary/aromatic N) is 3. The Morgan fingerprint density at radius 3 is 2.82 bits per heavy atom. The number of rotatable bonds is 6. The molecule has 1 aromatic carbocycles. The van der Waals surface area contributed by atoms with Crippen LogP contribution in [0.4, 0.5) is 0 Å². The normalized spacial score (nSPS) is 17.0. The molecule has 2 aromatic heterocycles. The van der Waals surface area contributed by atoms with Crippen molar-refractivity contribution in [2.75, 3.05) is 13.2 Å². The molecule has 0 atom stereocenters. The molecule has 33 heavy (non-hydrogen) atoms. The molecule has 1 saturated carbocycles. The van der Waals surface area contributed by atoms with E-state index in [-0.39, 0.29) is 5.56 Å². The van der Waals surface area contributed by atoms with Gasteiger partial charge < -0.3 is 9.72 Å². The van der Waals surface area contributed by atoms with Crippen LogP contribution < -0.4 is 10.3 Å². The van der Waals surface area contributed by atoms with E-state index >= 15 is 0 Å². The number of hydrogen-bond donors (Lipinski definition) is 1. The van der Waals surface area contributed by atoms with E-state index in [0.717, 1.165) is 72.0 Å². The summed E-state index contributed by atoms with van der Waals surface area (Å²) in [6.45, 7) is 4.95. The molecular weight excluding hydrogens is 412 g/mol. The van der Waals surface area contributed by atoms with Crippen LogP contribution in [0.1, 0.15) is 67.6 Å². The Morgan fingerprint density at radius 1 is 1.15 bits per heavy atom. The maximum Gasteiger partial charge on any atom is 0.255 e. The lowest BCUT2D eigenvalue weighted by Crippen LogP contribution is -2.36. The van der Waals surface area contributed by atoms with E-state index in [1.165, 1.54) is 19.3 Å². The highest BCUT2D eigenvalue weighted by molar-refractivity contribution is 5.61. The molecule has 0 spiro atoms. The summed E-state index contributed by atoms with van der Waals surface area (Å²) < 4.78 is 5.60. The standard InChI is InChI=1S/C27H32N4O2/c1-2-33-22-10-6-9-21(15-22)24-12-11-19(16-28-24)17-31-14-13-25-23(18-31)27(32)30-26(29-25)20-7-4-3-5-8-20/h6,9-12,15-16,20H,2-5,7-8,13-14,17-18H2,1H3,(H,29,30,32). The Hall–Kier alpha value is -2.99. The second-order valence-corrected chi connectivity index (χ2v) is 9.18. The number of H-pyrrole nitrogens is 1. The fraction of sp³-hybridized carbons (Fsp3) is 0.444. The average molecular weight is 445 g/mol. The number of nitrogens with one attached hydrogen (secondary N) is 1. The van der Waals surface area contributed by atoms with Crippen LogP contribution >= 0.6 is 0 Å². The number of benzene rings is 1. The Bertz CT molecular complexity index is 1150. The van der Waals surface area contributed by atoms with E-state index in [1.54, 1.807) is 0 Å². The molecule has 5 rings (SSSR count). The van der Waals surface area contributed by atoms with Gasteiger partial charge >= 0.3 is 0 Å². The molecule has 0 bridgehead atoms. The van der Waals surface area contributed by atoms with Gasteiger partial charge in [0.15, 0.2) is 0 Å². The van der Waals surface area contributed by atoms with Crippen LogP contribution in [-0.4, -0.2) is 33.0 Å². The minimum atomic E-state index is 0.0490. The second kappa shape index (κ2) is 9.87. The second-order valence-electron chi connectivity index (χ2n) is 9.18. The van der Waals surface area contributed by atoms with Crippen molar-refractivity contribution >= 4 is 0 Å². The van der Waals surface area contributed by atoms with Crippen molar-refractivity contribution in [3.05, 3.63) is 75.6 Å². The van der Waals surface area contributed by atoms with E-state index < -0.39 is 0 Å². The molecular formula is C27H32N4O2. The SMILES string of the molecule is CCOc1cccc(-c2ccc(CN3CCc4nc(C5CCCCC5)[nH]c(=O)c4C3)cn2)c1. The minimum absolute atomic E-state index is 0.0490. The molecule has 0 saturated heterocycles. The lowest BCUT2D eigenvalue weighted by molar-refractivity contribution is 0.240. The maximum atomic E-state index is 12.9. The molecule has 1 fully saturated rings. The van der Waals surface area contributed by atoms with Crippen LogP contribution in [-0.2, 0) is 19.5 Å². The van der Waals surface area contributed by atoms with Gasteiger partial charge in [-0.15, -0.1) is 0 Å². The Morgan fingerprint density at radius 2 is 2.03 bits per heavy atom. The van der Waals surface area contributed by atoms with Crippen LogP contribution in [0.5, 0.6) is 5.75 Å². The van der Waals surface area contributed by atoms with Crippen molar-refractivity contribution in [2.45, 2.75) is 64.5 Å². The largest absolute Gasteiger partial charge is 0.494 e. The highest BCUT2D eigenvalue weighted by atomic mass is 16.5. The molecule has 2 aliphatic rings. The molecule has 1 aliphatic heterocycles. The average Bonchev–Trinajstić information content (AvgIpc) is 2.86. The first-order chi connectivity index (χ1) is 16.2. The summed E-state index contributed by atoms with van der Waals surface area (Å²) in [6.07, 6.45) is 8.84. The van der Waals surface area contributed by atoms with E-state index in [1.807, 2.05) is 37.4 Å². The van der Waals surface area contributed by atoms with Gasteiger partial charge in [0.2, 0.25) is 0 Å². The van der Waals surface area contributed by atoms with Crippen molar-refractivity contribution in [1.82, 2.24) is 19.9 Å². The van der Waals surface area contributed by atoms with Gasteiger partial charge in [-0.3, -0.25) is 14.7 Å². The van der Waals surface area contributed by atoms with Crippen LogP contribution in [0.15, 0.2) is 47.4 Å². The smallest absolute Gasteiger partial charge is 0.255 e. The number of fused-ring (bicyclic) bond motifs is 1. The van der Waals surface area contributed by atoms with E-state index in [2.05, 4.69) is 27.0 Å². The van der Waals surface area contributed by atoms with Crippen molar-refractivity contribution in [2.24, 2.45) is 0 Å². The van der Waals surface area contributed by atoms with Crippen LogP contribution in [0.25, 0.3) is 11.3 Å². The van der Waals surface area contributed by atoms with Crippen molar-refractivity contribution in [3.8, 4) is 17.0 Å². The van der Waals surface area contributed by atoms with Gasteiger partial charge in [0.25, 0.3) is 5.56 Å². The summed E-state index contributed by atoms with van der Waals surface area (Å²) in [7, 11) is 0. The number of aromatic nitrogens is 3. The summed E-state index contributed by atoms with van der Waals surface area (Å²) in [4.78, 5) is 27.9. The van der Waals surface area contributed by atoms with Crippen LogP contribution in [0, 0.1) is 0 Å². The molecule has 3 heterocycles. The lowest BCUT2D eigenvalue weighted by atomic mass is 9.88. The van der Waals surface area contributed by atoms with Gasteiger partial charge in [-0.1, -0.05) is 37.5 Å². The summed E-state index contributed by atoms with van der Waals surface area (Å²) >= 11 is 0. The molecule has 0 radical (unpaired) electrons. The summed E-state index contributed by atoms with van der Waals surface area (Å²) in [6, 6.07) is 12.2. The maximum absolute atomic E-state index is 12.9.